The molecular formula is C24H30F2N2O6S. The molecular weight excluding hydrogens is 482 g/mol. The Morgan fingerprint density at radius 3 is 2.74 bits per heavy atom. The monoisotopic (exact) mass is 512 g/mol. The van der Waals surface area contributed by atoms with Crippen LogP contribution >= 0.6 is 11.8 Å². The van der Waals surface area contributed by atoms with Crippen molar-refractivity contribution in [3.05, 3.63) is 33.9 Å². The van der Waals surface area contributed by atoms with Crippen LogP contribution in [0.25, 0.3) is 0 Å². The van der Waals surface area contributed by atoms with Crippen molar-refractivity contribution in [3.63, 3.8) is 0 Å². The molecule has 2 aliphatic heterocycles. The summed E-state index contributed by atoms with van der Waals surface area (Å²) in [6.07, 6.45) is -0.589. The second-order valence-corrected chi connectivity index (χ2v) is 9.44. The van der Waals surface area contributed by atoms with Gasteiger partial charge in [0.2, 0.25) is 0 Å². The van der Waals surface area contributed by atoms with Crippen LogP contribution in [0.4, 0.5) is 14.5 Å². The molecule has 0 unspecified atom stereocenters. The molecule has 11 heteroatoms. The fourth-order valence-corrected chi connectivity index (χ4v) is 5.07. The maximum atomic E-state index is 13.0. The zero-order valence-corrected chi connectivity index (χ0v) is 20.9. The molecule has 1 saturated heterocycles. The number of fused-ring (bicyclic) bond motifs is 1. The highest BCUT2D eigenvalue weighted by atomic mass is 32.2. The lowest BCUT2D eigenvalue weighted by molar-refractivity contribution is -0.143. The number of anilines is 1. The van der Waals surface area contributed by atoms with E-state index in [1.165, 1.54) is 7.11 Å². The maximum Gasteiger partial charge on any atom is 0.341 e. The topological polar surface area (TPSA) is 94.2 Å². The molecule has 192 valence electrons. The number of hydrogen-bond acceptors (Lipinski definition) is 8. The number of halogens is 2. The van der Waals surface area contributed by atoms with Crippen molar-refractivity contribution in [2.24, 2.45) is 0 Å². The van der Waals surface area contributed by atoms with Gasteiger partial charge in [0.05, 0.1) is 18.4 Å². The van der Waals surface area contributed by atoms with Gasteiger partial charge < -0.3 is 19.5 Å². The number of ether oxygens (including phenoxy) is 3. The number of carbonyl (C=O) groups excluding carboxylic acids is 3. The molecule has 1 aromatic carbocycles. The van der Waals surface area contributed by atoms with E-state index in [2.05, 4.69) is 10.2 Å². The number of cyclic esters (lactones) is 1. The van der Waals surface area contributed by atoms with Gasteiger partial charge in [-0.3, -0.25) is 14.5 Å². The molecule has 35 heavy (non-hydrogen) atoms. The lowest BCUT2D eigenvalue weighted by Crippen LogP contribution is -2.25. The Hall–Kier alpha value is -2.66. The minimum absolute atomic E-state index is 0.0260. The van der Waals surface area contributed by atoms with Crippen LogP contribution in [-0.2, 0) is 32.1 Å². The van der Waals surface area contributed by atoms with E-state index in [-0.39, 0.29) is 36.7 Å². The Morgan fingerprint density at radius 1 is 1.31 bits per heavy atom. The highest BCUT2D eigenvalue weighted by Crippen LogP contribution is 2.41. The molecule has 0 aromatic heterocycles. The van der Waals surface area contributed by atoms with E-state index in [9.17, 15) is 23.2 Å². The molecule has 0 aliphatic carbocycles. The van der Waals surface area contributed by atoms with Gasteiger partial charge in [-0.1, -0.05) is 11.6 Å². The van der Waals surface area contributed by atoms with Crippen LogP contribution in [0.2, 0.25) is 0 Å². The quantitative estimate of drug-likeness (QED) is 0.354. The van der Waals surface area contributed by atoms with Gasteiger partial charge in [0.25, 0.3) is 5.91 Å². The first-order valence-electron chi connectivity index (χ1n) is 11.3. The lowest BCUT2D eigenvalue weighted by Gasteiger charge is -2.19. The molecule has 1 fully saturated rings. The third-order valence-electron chi connectivity index (χ3n) is 6.00. The molecule has 3 rings (SSSR count). The summed E-state index contributed by atoms with van der Waals surface area (Å²) in [4.78, 5) is 38.5. The van der Waals surface area contributed by atoms with Crippen molar-refractivity contribution < 1.29 is 37.4 Å². The molecule has 0 spiro atoms. The summed E-state index contributed by atoms with van der Waals surface area (Å²) in [5, 5.41) is 2.18. The van der Waals surface area contributed by atoms with Crippen molar-refractivity contribution in [1.29, 1.82) is 0 Å². The van der Waals surface area contributed by atoms with Crippen LogP contribution in [-0.4, -0.2) is 67.6 Å². The van der Waals surface area contributed by atoms with Crippen LogP contribution in [0.1, 0.15) is 46.8 Å². The standard InChI is InChI=1S/C24H30F2N2O6S/c1-14(5-7-18(29)33-10-8-28-9-11-35-13-28)4-6-16-20(27-23(30)22(25)26)19-17(12-34-24(19)31)15(2)21(16)32-3/h4,22H,5-13H2,1-3H3,(H,27,30). The van der Waals surface area contributed by atoms with Crippen LogP contribution in [0, 0.1) is 6.92 Å². The summed E-state index contributed by atoms with van der Waals surface area (Å²) >= 11 is 1.86. The molecule has 0 saturated carbocycles. The molecule has 1 amide bonds. The number of carbonyl (C=O) groups is 3. The smallest absolute Gasteiger partial charge is 0.341 e. The Balaban J connectivity index is 1.71. The van der Waals surface area contributed by atoms with Gasteiger partial charge in [-0.2, -0.15) is 8.78 Å². The fourth-order valence-electron chi connectivity index (χ4n) is 4.04. The zero-order valence-electron chi connectivity index (χ0n) is 20.1. The summed E-state index contributed by atoms with van der Waals surface area (Å²) < 4.78 is 41.9. The third-order valence-corrected chi connectivity index (χ3v) is 7.02. The van der Waals surface area contributed by atoms with Crippen LogP contribution in [0.15, 0.2) is 11.6 Å². The van der Waals surface area contributed by atoms with E-state index >= 15 is 0 Å². The van der Waals surface area contributed by atoms with Gasteiger partial charge in [0, 0.05) is 42.3 Å². The Morgan fingerprint density at radius 2 is 2.09 bits per heavy atom. The number of methoxy groups -OCH3 is 1. The highest BCUT2D eigenvalue weighted by Gasteiger charge is 2.33. The molecule has 2 aliphatic rings. The van der Waals surface area contributed by atoms with Crippen molar-refractivity contribution >= 4 is 35.3 Å². The third kappa shape index (κ3) is 6.72. The largest absolute Gasteiger partial charge is 0.496 e. The zero-order chi connectivity index (χ0) is 25.5. The van der Waals surface area contributed by atoms with E-state index in [1.54, 1.807) is 6.92 Å². The molecule has 0 radical (unpaired) electrons. The number of nitrogens with zero attached hydrogens (tertiary/aromatic N) is 1. The van der Waals surface area contributed by atoms with E-state index in [0.29, 0.717) is 35.5 Å². The van der Waals surface area contributed by atoms with E-state index in [4.69, 9.17) is 14.2 Å². The van der Waals surface area contributed by atoms with Crippen LogP contribution < -0.4 is 10.1 Å². The number of esters is 2. The molecule has 1 aromatic rings. The molecule has 1 N–H and O–H groups in total. The normalized spacial score (nSPS) is 15.8. The average Bonchev–Trinajstić information content (AvgIpc) is 3.48. The number of thioether (sulfide) groups is 1. The van der Waals surface area contributed by atoms with Crippen molar-refractivity contribution in [2.75, 3.05) is 43.8 Å². The lowest BCUT2D eigenvalue weighted by atomic mass is 9.93. The molecule has 0 atom stereocenters. The Bertz CT molecular complexity index is 1010. The summed E-state index contributed by atoms with van der Waals surface area (Å²) in [5.74, 6) is -0.0511. The summed E-state index contributed by atoms with van der Waals surface area (Å²) in [6, 6.07) is 0. The number of allylic oxidation sites excluding steroid dienone is 2. The second kappa shape index (κ2) is 12.3. The van der Waals surface area contributed by atoms with Crippen molar-refractivity contribution in [2.45, 2.75) is 46.1 Å². The Kier molecular flexibility index (Phi) is 9.50. The maximum absolute atomic E-state index is 13.0. The highest BCUT2D eigenvalue weighted by molar-refractivity contribution is 7.99. The van der Waals surface area contributed by atoms with Gasteiger partial charge in [-0.25, -0.2) is 4.79 Å². The Labute approximate surface area is 207 Å². The van der Waals surface area contributed by atoms with Crippen LogP contribution in [0.3, 0.4) is 0 Å². The van der Waals surface area contributed by atoms with E-state index in [0.717, 1.165) is 30.3 Å². The summed E-state index contributed by atoms with van der Waals surface area (Å²) in [7, 11) is 1.43. The number of benzene rings is 1. The van der Waals surface area contributed by atoms with Crippen LogP contribution in [0.5, 0.6) is 5.75 Å². The first kappa shape index (κ1) is 26.9. The summed E-state index contributed by atoms with van der Waals surface area (Å²) in [6.45, 7) is 5.65. The van der Waals surface area contributed by atoms with E-state index < -0.39 is 18.3 Å². The van der Waals surface area contributed by atoms with Gasteiger partial charge in [-0.15, -0.1) is 11.8 Å². The first-order chi connectivity index (χ1) is 16.7. The van der Waals surface area contributed by atoms with Crippen molar-refractivity contribution in [1.82, 2.24) is 4.90 Å². The first-order valence-corrected chi connectivity index (χ1v) is 12.5. The minimum atomic E-state index is -3.25. The van der Waals surface area contributed by atoms with Gasteiger partial charge in [0.15, 0.2) is 0 Å². The number of amides is 1. The SMILES string of the molecule is COc1c(C)c2c(c(NC(=O)C(F)F)c1CC=C(C)CCC(=O)OCCN1CCSC1)C(=O)OC2. The number of nitrogens with one attached hydrogen (secondary N) is 1. The van der Waals surface area contributed by atoms with Gasteiger partial charge in [0.1, 0.15) is 19.0 Å². The minimum Gasteiger partial charge on any atom is -0.496 e. The van der Waals surface area contributed by atoms with Gasteiger partial charge >= 0.3 is 18.4 Å². The van der Waals surface area contributed by atoms with Gasteiger partial charge in [-0.05, 0) is 32.3 Å². The predicted molar refractivity (Wildman–Crippen MR) is 128 cm³/mol. The second-order valence-electron chi connectivity index (χ2n) is 8.36. The number of hydrogen-bond donors (Lipinski definition) is 1. The number of alkyl halides is 2. The molecule has 8 nitrogen and oxygen atoms in total. The molecule has 0 bridgehead atoms. The predicted octanol–water partition coefficient (Wildman–Crippen LogP) is 3.70. The number of rotatable bonds is 11. The molecule has 2 heterocycles. The summed E-state index contributed by atoms with van der Waals surface area (Å²) in [5.41, 5.74) is 2.44. The average molecular weight is 513 g/mol. The fraction of sp³-hybridized carbons (Fsp3) is 0.542. The van der Waals surface area contributed by atoms with Crippen molar-refractivity contribution in [3.8, 4) is 5.75 Å². The van der Waals surface area contributed by atoms with E-state index in [1.807, 2.05) is 24.8 Å².